The lowest BCUT2D eigenvalue weighted by molar-refractivity contribution is -0.135. The molecule has 1 aliphatic rings. The van der Waals surface area contributed by atoms with E-state index in [0.717, 1.165) is 0 Å². The third-order valence-electron chi connectivity index (χ3n) is 3.21. The minimum atomic E-state index is -4.00. The van der Waals surface area contributed by atoms with Crippen molar-refractivity contribution in [3.63, 3.8) is 0 Å². The number of halogens is 3. The van der Waals surface area contributed by atoms with Gasteiger partial charge >= 0.3 is 6.18 Å². The maximum atomic E-state index is 11.9. The topological polar surface area (TPSA) is 12.0 Å². The summed E-state index contributed by atoms with van der Waals surface area (Å²) in [6.45, 7) is 2.57. The molecular formula is C11H20F3N. The monoisotopic (exact) mass is 223 g/mol. The zero-order chi connectivity index (χ0) is 11.3. The minimum Gasteiger partial charge on any atom is -0.314 e. The molecule has 1 rings (SSSR count). The van der Waals surface area contributed by atoms with Crippen LogP contribution in [-0.4, -0.2) is 18.8 Å². The van der Waals surface area contributed by atoms with Crippen LogP contribution in [0.4, 0.5) is 13.2 Å². The first-order chi connectivity index (χ1) is 6.99. The molecule has 15 heavy (non-hydrogen) atoms. The third kappa shape index (κ3) is 5.40. The van der Waals surface area contributed by atoms with E-state index in [2.05, 4.69) is 12.2 Å². The van der Waals surface area contributed by atoms with Crippen LogP contribution in [0.5, 0.6) is 0 Å². The SMILES string of the molecule is C[C@@H](NCCCC(F)(F)F)C1CCCC1. The zero-order valence-electron chi connectivity index (χ0n) is 9.24. The van der Waals surface area contributed by atoms with Crippen LogP contribution >= 0.6 is 0 Å². The van der Waals surface area contributed by atoms with Gasteiger partial charge in [0.25, 0.3) is 0 Å². The highest BCUT2D eigenvalue weighted by Gasteiger charge is 2.26. The van der Waals surface area contributed by atoms with Crippen LogP contribution < -0.4 is 5.32 Å². The summed E-state index contributed by atoms with van der Waals surface area (Å²) < 4.78 is 35.6. The van der Waals surface area contributed by atoms with Crippen molar-refractivity contribution in [3.05, 3.63) is 0 Å². The molecule has 1 fully saturated rings. The Kier molecular flexibility index (Phi) is 4.90. The van der Waals surface area contributed by atoms with Crippen LogP contribution in [0.25, 0.3) is 0 Å². The van der Waals surface area contributed by atoms with E-state index in [0.29, 0.717) is 18.5 Å². The van der Waals surface area contributed by atoms with Crippen LogP contribution in [0.3, 0.4) is 0 Å². The smallest absolute Gasteiger partial charge is 0.314 e. The molecule has 0 aromatic carbocycles. The summed E-state index contributed by atoms with van der Waals surface area (Å²) in [5.74, 6) is 0.677. The first kappa shape index (κ1) is 12.8. The Morgan fingerprint density at radius 3 is 2.40 bits per heavy atom. The summed E-state index contributed by atoms with van der Waals surface area (Å²) in [6.07, 6.45) is 0.537. The first-order valence-electron chi connectivity index (χ1n) is 5.79. The van der Waals surface area contributed by atoms with Gasteiger partial charge in [0.1, 0.15) is 0 Å². The molecule has 0 aromatic heterocycles. The Hall–Kier alpha value is -0.250. The molecule has 0 amide bonds. The molecule has 0 radical (unpaired) electrons. The Bertz CT molecular complexity index is 173. The summed E-state index contributed by atoms with van der Waals surface area (Å²) >= 11 is 0. The van der Waals surface area contributed by atoms with E-state index < -0.39 is 12.6 Å². The summed E-state index contributed by atoms with van der Waals surface area (Å²) in [6, 6.07) is 0.376. The molecular weight excluding hydrogens is 203 g/mol. The van der Waals surface area contributed by atoms with Crippen molar-refractivity contribution in [2.24, 2.45) is 5.92 Å². The third-order valence-corrected chi connectivity index (χ3v) is 3.21. The Balaban J connectivity index is 2.04. The summed E-state index contributed by atoms with van der Waals surface area (Å²) in [5, 5.41) is 3.20. The van der Waals surface area contributed by atoms with Gasteiger partial charge in [-0.05, 0) is 38.6 Å². The quantitative estimate of drug-likeness (QED) is 0.703. The van der Waals surface area contributed by atoms with Crippen molar-refractivity contribution in [2.75, 3.05) is 6.54 Å². The fraction of sp³-hybridized carbons (Fsp3) is 1.00. The highest BCUT2D eigenvalue weighted by molar-refractivity contribution is 4.77. The van der Waals surface area contributed by atoms with E-state index in [9.17, 15) is 13.2 Å². The van der Waals surface area contributed by atoms with E-state index in [1.54, 1.807) is 0 Å². The van der Waals surface area contributed by atoms with E-state index in [-0.39, 0.29) is 6.42 Å². The van der Waals surface area contributed by atoms with Crippen LogP contribution in [-0.2, 0) is 0 Å². The summed E-state index contributed by atoms with van der Waals surface area (Å²) in [5.41, 5.74) is 0. The standard InChI is InChI=1S/C11H20F3N/c1-9(10-5-2-3-6-10)15-8-4-7-11(12,13)14/h9-10,15H,2-8H2,1H3/t9-/m1/s1. The van der Waals surface area contributed by atoms with E-state index in [1.807, 2.05) is 0 Å². The Morgan fingerprint density at radius 1 is 1.27 bits per heavy atom. The molecule has 0 bridgehead atoms. The van der Waals surface area contributed by atoms with Crippen LogP contribution in [0.15, 0.2) is 0 Å². The predicted molar refractivity (Wildman–Crippen MR) is 54.7 cm³/mol. The van der Waals surface area contributed by atoms with Gasteiger partial charge in [0.2, 0.25) is 0 Å². The highest BCUT2D eigenvalue weighted by Crippen LogP contribution is 2.27. The van der Waals surface area contributed by atoms with Crippen LogP contribution in [0.2, 0.25) is 0 Å². The zero-order valence-corrected chi connectivity index (χ0v) is 9.24. The molecule has 1 N–H and O–H groups in total. The van der Waals surface area contributed by atoms with E-state index in [4.69, 9.17) is 0 Å². The fourth-order valence-corrected chi connectivity index (χ4v) is 2.24. The van der Waals surface area contributed by atoms with E-state index in [1.165, 1.54) is 25.7 Å². The maximum Gasteiger partial charge on any atom is 0.389 e. The normalized spacial score (nSPS) is 20.8. The first-order valence-corrected chi connectivity index (χ1v) is 5.79. The number of nitrogens with one attached hydrogen (secondary N) is 1. The molecule has 1 aliphatic carbocycles. The lowest BCUT2D eigenvalue weighted by Gasteiger charge is -2.20. The maximum absolute atomic E-state index is 11.9. The Labute approximate surface area is 89.4 Å². The van der Waals surface area contributed by atoms with Crippen molar-refractivity contribution in [2.45, 2.75) is 57.7 Å². The molecule has 0 heterocycles. The summed E-state index contributed by atoms with van der Waals surface area (Å²) in [4.78, 5) is 0. The van der Waals surface area contributed by atoms with Crippen molar-refractivity contribution >= 4 is 0 Å². The molecule has 1 atom stereocenters. The van der Waals surface area contributed by atoms with Crippen molar-refractivity contribution < 1.29 is 13.2 Å². The molecule has 4 heteroatoms. The van der Waals surface area contributed by atoms with Crippen LogP contribution in [0, 0.1) is 5.92 Å². The van der Waals surface area contributed by atoms with Gasteiger partial charge in [-0.15, -0.1) is 0 Å². The second kappa shape index (κ2) is 5.73. The van der Waals surface area contributed by atoms with Crippen LogP contribution in [0.1, 0.15) is 45.4 Å². The number of alkyl halides is 3. The molecule has 1 nitrogen and oxygen atoms in total. The molecule has 0 aliphatic heterocycles. The largest absolute Gasteiger partial charge is 0.389 e. The minimum absolute atomic E-state index is 0.195. The molecule has 0 spiro atoms. The Morgan fingerprint density at radius 2 is 1.87 bits per heavy atom. The molecule has 0 unspecified atom stereocenters. The number of hydrogen-bond acceptors (Lipinski definition) is 1. The van der Waals surface area contributed by atoms with Crippen molar-refractivity contribution in [1.29, 1.82) is 0 Å². The predicted octanol–water partition coefficient (Wildman–Crippen LogP) is 3.50. The van der Waals surface area contributed by atoms with Gasteiger partial charge in [0, 0.05) is 12.5 Å². The fourth-order valence-electron chi connectivity index (χ4n) is 2.24. The highest BCUT2D eigenvalue weighted by atomic mass is 19.4. The number of hydrogen-bond donors (Lipinski definition) is 1. The average molecular weight is 223 g/mol. The van der Waals surface area contributed by atoms with Gasteiger partial charge in [-0.1, -0.05) is 12.8 Å². The van der Waals surface area contributed by atoms with Gasteiger partial charge < -0.3 is 5.32 Å². The lowest BCUT2D eigenvalue weighted by Crippen LogP contribution is -2.33. The molecule has 0 aromatic rings. The van der Waals surface area contributed by atoms with Gasteiger partial charge in [-0.3, -0.25) is 0 Å². The van der Waals surface area contributed by atoms with Gasteiger partial charge in [0.15, 0.2) is 0 Å². The molecule has 1 saturated carbocycles. The average Bonchev–Trinajstić information content (AvgIpc) is 2.63. The van der Waals surface area contributed by atoms with Crippen molar-refractivity contribution in [1.82, 2.24) is 5.32 Å². The number of rotatable bonds is 5. The van der Waals surface area contributed by atoms with E-state index >= 15 is 0 Å². The summed E-state index contributed by atoms with van der Waals surface area (Å²) in [7, 11) is 0. The molecule has 0 saturated heterocycles. The van der Waals surface area contributed by atoms with Gasteiger partial charge in [-0.2, -0.15) is 13.2 Å². The second-order valence-electron chi connectivity index (χ2n) is 4.51. The van der Waals surface area contributed by atoms with Crippen molar-refractivity contribution in [3.8, 4) is 0 Å². The van der Waals surface area contributed by atoms with Gasteiger partial charge in [0.05, 0.1) is 0 Å². The van der Waals surface area contributed by atoms with Gasteiger partial charge in [-0.25, -0.2) is 0 Å². The lowest BCUT2D eigenvalue weighted by atomic mass is 10.00. The second-order valence-corrected chi connectivity index (χ2v) is 4.51. The molecule has 90 valence electrons.